The molecule has 0 fully saturated rings. The molecule has 3 rings (SSSR count). The Morgan fingerprint density at radius 3 is 2.85 bits per heavy atom. The van der Waals surface area contributed by atoms with Crippen LogP contribution in [-0.2, 0) is 0 Å². The summed E-state index contributed by atoms with van der Waals surface area (Å²) < 4.78 is 7.59. The predicted octanol–water partition coefficient (Wildman–Crippen LogP) is 4.71. The third-order valence-electron chi connectivity index (χ3n) is 2.84. The van der Waals surface area contributed by atoms with Crippen LogP contribution in [0.15, 0.2) is 40.9 Å². The van der Waals surface area contributed by atoms with Crippen molar-refractivity contribution in [2.24, 2.45) is 0 Å². The van der Waals surface area contributed by atoms with E-state index in [9.17, 15) is 0 Å². The van der Waals surface area contributed by atoms with Crippen LogP contribution in [0.2, 0.25) is 0 Å². The Morgan fingerprint density at radius 1 is 1.25 bits per heavy atom. The Labute approximate surface area is 129 Å². The van der Waals surface area contributed by atoms with Gasteiger partial charge in [0.25, 0.3) is 0 Å². The summed E-state index contributed by atoms with van der Waals surface area (Å²) in [5, 5.41) is 0.960. The quantitative estimate of drug-likeness (QED) is 0.697. The molecule has 102 valence electrons. The minimum absolute atomic E-state index is 0.666. The van der Waals surface area contributed by atoms with Crippen molar-refractivity contribution >= 4 is 43.2 Å². The third kappa shape index (κ3) is 2.64. The molecular weight excluding hydrogens is 336 g/mol. The summed E-state index contributed by atoms with van der Waals surface area (Å²) in [6.07, 6.45) is 0. The van der Waals surface area contributed by atoms with E-state index in [0.717, 1.165) is 36.7 Å². The van der Waals surface area contributed by atoms with E-state index in [1.165, 1.54) is 0 Å². The van der Waals surface area contributed by atoms with E-state index in [0.29, 0.717) is 6.61 Å². The number of benzene rings is 2. The largest absolute Gasteiger partial charge is 0.494 e. The van der Waals surface area contributed by atoms with Crippen LogP contribution in [-0.4, -0.2) is 11.6 Å². The van der Waals surface area contributed by atoms with E-state index >= 15 is 0 Å². The molecule has 5 heteroatoms. The molecule has 0 unspecified atom stereocenters. The van der Waals surface area contributed by atoms with Gasteiger partial charge in [-0.1, -0.05) is 15.9 Å². The number of thiazole rings is 1. The molecule has 0 atom stereocenters. The monoisotopic (exact) mass is 348 g/mol. The van der Waals surface area contributed by atoms with Gasteiger partial charge in [-0.25, -0.2) is 4.98 Å². The maximum absolute atomic E-state index is 5.88. The average molecular weight is 349 g/mol. The second kappa shape index (κ2) is 5.42. The molecule has 0 aliphatic carbocycles. The number of rotatable bonds is 3. The van der Waals surface area contributed by atoms with E-state index in [1.54, 1.807) is 11.3 Å². The lowest BCUT2D eigenvalue weighted by atomic mass is 10.2. The van der Waals surface area contributed by atoms with Crippen LogP contribution in [0.1, 0.15) is 6.92 Å². The van der Waals surface area contributed by atoms with Gasteiger partial charge in [0, 0.05) is 15.7 Å². The van der Waals surface area contributed by atoms with E-state index in [-0.39, 0.29) is 0 Å². The van der Waals surface area contributed by atoms with Crippen molar-refractivity contribution in [3.05, 3.63) is 40.9 Å². The summed E-state index contributed by atoms with van der Waals surface area (Å²) in [5.74, 6) is 0.879. The molecule has 3 nitrogen and oxygen atoms in total. The number of anilines is 1. The Kier molecular flexibility index (Phi) is 3.63. The fourth-order valence-electron chi connectivity index (χ4n) is 2.02. The van der Waals surface area contributed by atoms with Crippen LogP contribution in [0.3, 0.4) is 0 Å². The number of hydrogen-bond acceptors (Lipinski definition) is 4. The first-order chi connectivity index (χ1) is 9.65. The Bertz CT molecular complexity index is 749. The lowest BCUT2D eigenvalue weighted by Crippen LogP contribution is -1.89. The summed E-state index contributed by atoms with van der Waals surface area (Å²) in [4.78, 5) is 4.65. The molecule has 2 aromatic carbocycles. The first-order valence-corrected chi connectivity index (χ1v) is 7.86. The van der Waals surface area contributed by atoms with Crippen LogP contribution in [0.4, 0.5) is 5.69 Å². The van der Waals surface area contributed by atoms with Gasteiger partial charge >= 0.3 is 0 Å². The zero-order valence-corrected chi connectivity index (χ0v) is 13.3. The van der Waals surface area contributed by atoms with Crippen molar-refractivity contribution < 1.29 is 4.74 Å². The van der Waals surface area contributed by atoms with Gasteiger partial charge in [-0.05, 0) is 43.3 Å². The van der Waals surface area contributed by atoms with E-state index in [4.69, 9.17) is 10.5 Å². The standard InChI is InChI=1S/C15H13BrN2OS/c1-2-19-12-3-4-13-14(8-12)20-15(18-13)9-5-10(16)7-11(17)6-9/h3-8H,2,17H2,1H3. The maximum Gasteiger partial charge on any atom is 0.124 e. The van der Waals surface area contributed by atoms with Gasteiger partial charge in [0.15, 0.2) is 0 Å². The van der Waals surface area contributed by atoms with E-state index < -0.39 is 0 Å². The molecule has 0 bridgehead atoms. The number of nitrogen functional groups attached to an aromatic ring is 1. The van der Waals surface area contributed by atoms with Crippen molar-refractivity contribution in [1.29, 1.82) is 0 Å². The number of ether oxygens (including phenoxy) is 1. The van der Waals surface area contributed by atoms with Crippen molar-refractivity contribution in [2.45, 2.75) is 6.92 Å². The highest BCUT2D eigenvalue weighted by Crippen LogP contribution is 2.34. The van der Waals surface area contributed by atoms with Gasteiger partial charge in [0.1, 0.15) is 10.8 Å². The summed E-state index contributed by atoms with van der Waals surface area (Å²) in [6, 6.07) is 11.8. The van der Waals surface area contributed by atoms with Crippen LogP contribution in [0, 0.1) is 0 Å². The predicted molar refractivity (Wildman–Crippen MR) is 88.3 cm³/mol. The smallest absolute Gasteiger partial charge is 0.124 e. The minimum Gasteiger partial charge on any atom is -0.494 e. The molecule has 0 saturated heterocycles. The molecule has 1 aromatic heterocycles. The third-order valence-corrected chi connectivity index (χ3v) is 4.36. The summed E-state index contributed by atoms with van der Waals surface area (Å²) in [6.45, 7) is 2.64. The molecule has 20 heavy (non-hydrogen) atoms. The fourth-order valence-corrected chi connectivity index (χ4v) is 3.51. The van der Waals surface area contributed by atoms with Crippen molar-refractivity contribution in [1.82, 2.24) is 4.98 Å². The fraction of sp³-hybridized carbons (Fsp3) is 0.133. The highest BCUT2D eigenvalue weighted by molar-refractivity contribution is 9.10. The molecule has 2 N–H and O–H groups in total. The van der Waals surface area contributed by atoms with Crippen LogP contribution in [0.5, 0.6) is 5.75 Å². The summed E-state index contributed by atoms with van der Waals surface area (Å²) in [5.41, 5.74) is 8.61. The van der Waals surface area contributed by atoms with Crippen molar-refractivity contribution in [3.63, 3.8) is 0 Å². The van der Waals surface area contributed by atoms with E-state index in [2.05, 4.69) is 20.9 Å². The van der Waals surface area contributed by atoms with Gasteiger partial charge in [0.2, 0.25) is 0 Å². The van der Waals surface area contributed by atoms with Gasteiger partial charge in [-0.3, -0.25) is 0 Å². The maximum atomic E-state index is 5.88. The minimum atomic E-state index is 0.666. The highest BCUT2D eigenvalue weighted by atomic mass is 79.9. The average Bonchev–Trinajstić information content (AvgIpc) is 2.81. The van der Waals surface area contributed by atoms with Crippen LogP contribution < -0.4 is 10.5 Å². The highest BCUT2D eigenvalue weighted by Gasteiger charge is 2.08. The molecule has 0 aliphatic heterocycles. The second-order valence-corrected chi connectivity index (χ2v) is 6.30. The molecule has 0 aliphatic rings. The van der Waals surface area contributed by atoms with Crippen LogP contribution >= 0.6 is 27.3 Å². The van der Waals surface area contributed by atoms with Gasteiger partial charge < -0.3 is 10.5 Å². The van der Waals surface area contributed by atoms with Gasteiger partial charge in [0.05, 0.1) is 16.8 Å². The number of hydrogen-bond donors (Lipinski definition) is 1. The van der Waals surface area contributed by atoms with Crippen molar-refractivity contribution in [3.8, 4) is 16.3 Å². The summed E-state index contributed by atoms with van der Waals surface area (Å²) >= 11 is 5.10. The molecule has 0 spiro atoms. The number of nitrogens with zero attached hydrogens (tertiary/aromatic N) is 1. The van der Waals surface area contributed by atoms with Crippen LogP contribution in [0.25, 0.3) is 20.8 Å². The molecule has 3 aromatic rings. The normalized spacial score (nSPS) is 10.9. The van der Waals surface area contributed by atoms with Gasteiger partial charge in [-0.2, -0.15) is 0 Å². The van der Waals surface area contributed by atoms with Gasteiger partial charge in [-0.15, -0.1) is 11.3 Å². The molecule has 1 heterocycles. The zero-order chi connectivity index (χ0) is 14.1. The van der Waals surface area contributed by atoms with Crippen molar-refractivity contribution in [2.75, 3.05) is 12.3 Å². The zero-order valence-electron chi connectivity index (χ0n) is 10.9. The summed E-state index contributed by atoms with van der Waals surface area (Å²) in [7, 11) is 0. The SMILES string of the molecule is CCOc1ccc2nc(-c3cc(N)cc(Br)c3)sc2c1. The molecule has 0 radical (unpaired) electrons. The Hall–Kier alpha value is -1.59. The first kappa shape index (κ1) is 13.4. The lowest BCUT2D eigenvalue weighted by Gasteiger charge is -2.00. The second-order valence-electron chi connectivity index (χ2n) is 4.35. The Morgan fingerprint density at radius 2 is 2.10 bits per heavy atom. The molecule has 0 saturated carbocycles. The number of aromatic nitrogens is 1. The molecular formula is C15H13BrN2OS. The topological polar surface area (TPSA) is 48.1 Å². The number of halogens is 1. The number of nitrogens with two attached hydrogens (primary N) is 1. The first-order valence-electron chi connectivity index (χ1n) is 6.25. The number of fused-ring (bicyclic) bond motifs is 1. The lowest BCUT2D eigenvalue weighted by molar-refractivity contribution is 0.341. The molecule has 0 amide bonds. The van der Waals surface area contributed by atoms with E-state index in [1.807, 2.05) is 43.3 Å². The Balaban J connectivity index is 2.08.